The Morgan fingerprint density at radius 3 is 2.64 bits per heavy atom. The van der Waals surface area contributed by atoms with E-state index in [9.17, 15) is 4.79 Å². The molecule has 4 aromatic rings. The molecule has 0 bridgehead atoms. The van der Waals surface area contributed by atoms with Crippen LogP contribution in [0.4, 0.5) is 0 Å². The van der Waals surface area contributed by atoms with Crippen molar-refractivity contribution < 1.29 is 13.9 Å². The fourth-order valence-electron chi connectivity index (χ4n) is 2.32. The fourth-order valence-corrected chi connectivity index (χ4v) is 2.58. The average Bonchev–Trinajstić information content (AvgIpc) is 3.06. The molecule has 0 atom stereocenters. The molecule has 2 aromatic carbocycles. The van der Waals surface area contributed by atoms with Gasteiger partial charge in [-0.25, -0.2) is 9.78 Å². The SMILES string of the molecule is O=C(Oc1ccc2nc(-c3ccccn3)oc2c1)c1ccc(Br)cc1. The van der Waals surface area contributed by atoms with Crippen LogP contribution < -0.4 is 4.74 Å². The predicted molar refractivity (Wildman–Crippen MR) is 96.3 cm³/mol. The first-order valence-corrected chi connectivity index (χ1v) is 8.28. The van der Waals surface area contributed by atoms with Crippen molar-refractivity contribution in [3.8, 4) is 17.3 Å². The number of benzene rings is 2. The molecule has 6 heteroatoms. The number of halogens is 1. The van der Waals surface area contributed by atoms with Gasteiger partial charge in [0.15, 0.2) is 5.58 Å². The van der Waals surface area contributed by atoms with Crippen LogP contribution >= 0.6 is 15.9 Å². The number of hydrogen-bond acceptors (Lipinski definition) is 5. The fraction of sp³-hybridized carbons (Fsp3) is 0. The summed E-state index contributed by atoms with van der Waals surface area (Å²) in [5.74, 6) is 0.382. The number of ether oxygens (including phenoxy) is 1. The lowest BCUT2D eigenvalue weighted by molar-refractivity contribution is 0.0735. The molecule has 4 rings (SSSR count). The second-order valence-corrected chi connectivity index (χ2v) is 6.18. The topological polar surface area (TPSA) is 65.2 Å². The monoisotopic (exact) mass is 394 g/mol. The first kappa shape index (κ1) is 15.5. The van der Waals surface area contributed by atoms with E-state index in [1.165, 1.54) is 0 Å². The van der Waals surface area contributed by atoms with Crippen molar-refractivity contribution in [3.05, 3.63) is 76.9 Å². The lowest BCUT2D eigenvalue weighted by atomic mass is 10.2. The minimum Gasteiger partial charge on any atom is -0.435 e. The van der Waals surface area contributed by atoms with Gasteiger partial charge in [0.1, 0.15) is 17.0 Å². The average molecular weight is 395 g/mol. The number of rotatable bonds is 3. The maximum Gasteiger partial charge on any atom is 0.343 e. The number of oxazole rings is 1. The van der Waals surface area contributed by atoms with Gasteiger partial charge in [-0.05, 0) is 48.5 Å². The molecule has 25 heavy (non-hydrogen) atoms. The van der Waals surface area contributed by atoms with Gasteiger partial charge in [0, 0.05) is 16.7 Å². The van der Waals surface area contributed by atoms with Crippen molar-refractivity contribution in [3.63, 3.8) is 0 Å². The van der Waals surface area contributed by atoms with Gasteiger partial charge in [0.2, 0.25) is 5.89 Å². The van der Waals surface area contributed by atoms with Crippen LogP contribution in [-0.2, 0) is 0 Å². The normalized spacial score (nSPS) is 10.8. The summed E-state index contributed by atoms with van der Waals surface area (Å²) in [5, 5.41) is 0. The molecule has 0 radical (unpaired) electrons. The van der Waals surface area contributed by atoms with E-state index in [2.05, 4.69) is 25.9 Å². The summed E-state index contributed by atoms with van der Waals surface area (Å²) in [6, 6.07) is 17.5. The third-order valence-electron chi connectivity index (χ3n) is 3.53. The molecule has 0 aliphatic heterocycles. The van der Waals surface area contributed by atoms with Gasteiger partial charge < -0.3 is 9.15 Å². The third kappa shape index (κ3) is 3.29. The summed E-state index contributed by atoms with van der Waals surface area (Å²) in [5.41, 5.74) is 2.31. The minimum absolute atomic E-state index is 0.393. The van der Waals surface area contributed by atoms with Crippen molar-refractivity contribution in [2.75, 3.05) is 0 Å². The molecule has 0 aliphatic rings. The molecule has 0 saturated carbocycles. The highest BCUT2D eigenvalue weighted by Gasteiger charge is 2.12. The molecule has 122 valence electrons. The van der Waals surface area contributed by atoms with E-state index in [4.69, 9.17) is 9.15 Å². The molecule has 0 unspecified atom stereocenters. The smallest absolute Gasteiger partial charge is 0.343 e. The molecule has 0 aliphatic carbocycles. The van der Waals surface area contributed by atoms with Crippen LogP contribution in [0, 0.1) is 0 Å². The Morgan fingerprint density at radius 2 is 1.88 bits per heavy atom. The Kier molecular flexibility index (Phi) is 4.03. The van der Waals surface area contributed by atoms with Crippen LogP contribution in [0.25, 0.3) is 22.7 Å². The Morgan fingerprint density at radius 1 is 1.04 bits per heavy atom. The summed E-state index contributed by atoms with van der Waals surface area (Å²) in [4.78, 5) is 20.8. The van der Waals surface area contributed by atoms with E-state index < -0.39 is 5.97 Å². The van der Waals surface area contributed by atoms with Crippen LogP contribution in [0.2, 0.25) is 0 Å². The molecule has 0 fully saturated rings. The second kappa shape index (κ2) is 6.49. The standard InChI is InChI=1S/C19H11BrN2O3/c20-13-6-4-12(5-7-13)19(23)24-14-8-9-15-17(11-14)25-18(22-15)16-3-1-2-10-21-16/h1-11H. The summed E-state index contributed by atoms with van der Waals surface area (Å²) in [7, 11) is 0. The van der Waals surface area contributed by atoms with Crippen LogP contribution in [0.5, 0.6) is 5.75 Å². The number of carbonyl (C=O) groups excluding carboxylic acids is 1. The number of nitrogens with zero attached hydrogens (tertiary/aromatic N) is 2. The zero-order chi connectivity index (χ0) is 17.2. The van der Waals surface area contributed by atoms with E-state index in [0.29, 0.717) is 34.0 Å². The van der Waals surface area contributed by atoms with Gasteiger partial charge in [-0.2, -0.15) is 0 Å². The second-order valence-electron chi connectivity index (χ2n) is 5.26. The first-order valence-electron chi connectivity index (χ1n) is 7.49. The van der Waals surface area contributed by atoms with Crippen molar-refractivity contribution in [1.29, 1.82) is 0 Å². The highest BCUT2D eigenvalue weighted by Crippen LogP contribution is 2.26. The third-order valence-corrected chi connectivity index (χ3v) is 4.06. The number of pyridine rings is 1. The van der Waals surface area contributed by atoms with E-state index >= 15 is 0 Å². The Balaban J connectivity index is 1.61. The zero-order valence-electron chi connectivity index (χ0n) is 12.8. The van der Waals surface area contributed by atoms with Crippen LogP contribution in [0.15, 0.2) is 75.8 Å². The maximum atomic E-state index is 12.2. The molecular weight excluding hydrogens is 384 g/mol. The maximum absolute atomic E-state index is 12.2. The summed E-state index contributed by atoms with van der Waals surface area (Å²) in [6.45, 7) is 0. The highest BCUT2D eigenvalue weighted by molar-refractivity contribution is 9.10. The highest BCUT2D eigenvalue weighted by atomic mass is 79.9. The van der Waals surface area contributed by atoms with Gasteiger partial charge in [-0.3, -0.25) is 4.98 Å². The van der Waals surface area contributed by atoms with Crippen LogP contribution in [-0.4, -0.2) is 15.9 Å². The van der Waals surface area contributed by atoms with Crippen molar-refractivity contribution in [1.82, 2.24) is 9.97 Å². The van der Waals surface area contributed by atoms with E-state index in [1.54, 1.807) is 48.7 Å². The molecule has 0 saturated heterocycles. The largest absolute Gasteiger partial charge is 0.435 e. The Hall–Kier alpha value is -2.99. The van der Waals surface area contributed by atoms with Gasteiger partial charge >= 0.3 is 5.97 Å². The van der Waals surface area contributed by atoms with Gasteiger partial charge in [-0.1, -0.05) is 22.0 Å². The quantitative estimate of drug-likeness (QED) is 0.366. The number of hydrogen-bond donors (Lipinski definition) is 0. The zero-order valence-corrected chi connectivity index (χ0v) is 14.4. The lowest BCUT2D eigenvalue weighted by Gasteiger charge is -2.04. The molecular formula is C19H11BrN2O3. The van der Waals surface area contributed by atoms with Crippen molar-refractivity contribution >= 4 is 33.0 Å². The van der Waals surface area contributed by atoms with Gasteiger partial charge in [0.25, 0.3) is 0 Å². The van der Waals surface area contributed by atoms with Crippen LogP contribution in [0.3, 0.4) is 0 Å². The number of aromatic nitrogens is 2. The van der Waals surface area contributed by atoms with Crippen molar-refractivity contribution in [2.45, 2.75) is 0 Å². The lowest BCUT2D eigenvalue weighted by Crippen LogP contribution is -2.08. The summed E-state index contributed by atoms with van der Waals surface area (Å²) in [6.07, 6.45) is 1.68. The molecule has 0 N–H and O–H groups in total. The minimum atomic E-state index is -0.434. The van der Waals surface area contributed by atoms with Crippen LogP contribution in [0.1, 0.15) is 10.4 Å². The molecule has 0 amide bonds. The number of carbonyl (C=O) groups is 1. The summed E-state index contributed by atoms with van der Waals surface area (Å²) >= 11 is 3.33. The molecule has 5 nitrogen and oxygen atoms in total. The Labute approximate surface area is 151 Å². The first-order chi connectivity index (χ1) is 12.2. The predicted octanol–water partition coefficient (Wildman–Crippen LogP) is 4.87. The van der Waals surface area contributed by atoms with E-state index in [1.807, 2.05) is 18.2 Å². The molecule has 2 heterocycles. The van der Waals surface area contributed by atoms with Gasteiger partial charge in [-0.15, -0.1) is 0 Å². The van der Waals surface area contributed by atoms with Crippen molar-refractivity contribution in [2.24, 2.45) is 0 Å². The molecule has 2 aromatic heterocycles. The Bertz CT molecular complexity index is 1040. The van der Waals surface area contributed by atoms with E-state index in [0.717, 1.165) is 4.47 Å². The molecule has 0 spiro atoms. The summed E-state index contributed by atoms with van der Waals surface area (Å²) < 4.78 is 12.0. The van der Waals surface area contributed by atoms with E-state index in [-0.39, 0.29) is 0 Å². The number of esters is 1. The van der Waals surface area contributed by atoms with Gasteiger partial charge in [0.05, 0.1) is 5.56 Å². The number of fused-ring (bicyclic) bond motifs is 1.